The van der Waals surface area contributed by atoms with E-state index in [1.165, 1.54) is 0 Å². The van der Waals surface area contributed by atoms with Crippen molar-refractivity contribution in [1.29, 1.82) is 0 Å². The maximum atomic E-state index is 12.8. The van der Waals surface area contributed by atoms with Gasteiger partial charge in [0.15, 0.2) is 0 Å². The predicted octanol–water partition coefficient (Wildman–Crippen LogP) is 4.49. The summed E-state index contributed by atoms with van der Waals surface area (Å²) in [7, 11) is 0. The van der Waals surface area contributed by atoms with Crippen LogP contribution in [0.15, 0.2) is 77.3 Å². The Morgan fingerprint density at radius 1 is 0.882 bits per heavy atom. The van der Waals surface area contributed by atoms with Crippen LogP contribution in [0.3, 0.4) is 0 Å². The van der Waals surface area contributed by atoms with Crippen LogP contribution in [0.4, 0.5) is 5.69 Å². The number of hydrogen-bond donors (Lipinski definition) is 3. The van der Waals surface area contributed by atoms with Crippen LogP contribution in [0.1, 0.15) is 39.1 Å². The fraction of sp³-hybridized carbons (Fsp3) is 0.192. The molecular weight excluding hydrogens is 498 g/mol. The summed E-state index contributed by atoms with van der Waals surface area (Å²) < 4.78 is 6.56. The van der Waals surface area contributed by atoms with E-state index in [1.54, 1.807) is 42.5 Å². The molecule has 1 fully saturated rings. The number of halogens is 1. The molecule has 7 nitrogen and oxygen atoms in total. The van der Waals surface area contributed by atoms with Gasteiger partial charge in [0.25, 0.3) is 11.8 Å². The molecule has 1 aliphatic carbocycles. The minimum atomic E-state index is -0.502. The van der Waals surface area contributed by atoms with Crippen LogP contribution in [-0.4, -0.2) is 24.3 Å². The zero-order chi connectivity index (χ0) is 23.9. The molecule has 3 aromatic rings. The minimum Gasteiger partial charge on any atom is -0.492 e. The summed E-state index contributed by atoms with van der Waals surface area (Å²) in [5.41, 5.74) is 7.25. The van der Waals surface area contributed by atoms with E-state index in [-0.39, 0.29) is 11.8 Å². The molecule has 0 saturated heterocycles. The first-order chi connectivity index (χ1) is 16.5. The molecule has 1 aliphatic rings. The van der Waals surface area contributed by atoms with Gasteiger partial charge in [0.05, 0.1) is 12.2 Å². The molecule has 0 heterocycles. The molecule has 0 unspecified atom stereocenters. The highest BCUT2D eigenvalue weighted by molar-refractivity contribution is 9.10. The first kappa shape index (κ1) is 23.5. The van der Waals surface area contributed by atoms with E-state index in [9.17, 15) is 14.4 Å². The lowest BCUT2D eigenvalue weighted by Gasteiger charge is -2.13. The summed E-state index contributed by atoms with van der Waals surface area (Å²) in [5, 5.41) is 2.82. The third-order valence-electron chi connectivity index (χ3n) is 5.33. The quantitative estimate of drug-likeness (QED) is 0.380. The summed E-state index contributed by atoms with van der Waals surface area (Å²) in [6.45, 7) is 0.405. The molecule has 4 rings (SSSR count). The summed E-state index contributed by atoms with van der Waals surface area (Å²) in [6, 6.07) is 21.5. The van der Waals surface area contributed by atoms with Crippen LogP contribution in [0, 0.1) is 5.92 Å². The van der Waals surface area contributed by atoms with E-state index in [0.29, 0.717) is 40.1 Å². The highest BCUT2D eigenvalue weighted by Crippen LogP contribution is 2.30. The van der Waals surface area contributed by atoms with Gasteiger partial charge in [-0.05, 0) is 60.9 Å². The molecule has 0 aliphatic heterocycles. The summed E-state index contributed by atoms with van der Waals surface area (Å²) in [4.78, 5) is 37.1. The Balaban J connectivity index is 1.32. The number of rotatable bonds is 8. The van der Waals surface area contributed by atoms with Crippen molar-refractivity contribution in [1.82, 2.24) is 10.9 Å². The number of anilines is 1. The summed E-state index contributed by atoms with van der Waals surface area (Å²) >= 11 is 3.37. The lowest BCUT2D eigenvalue weighted by atomic mass is 10.1. The standard InChI is InChI=1S/C26H24BrN3O4/c27-20-10-13-23(34-15-14-17-4-2-1-3-5-17)22(16-20)26(33)30-29-25(32)19-8-11-21(12-9-19)28-24(31)18-6-7-18/h1-5,8-13,16,18H,6-7,14-15H2,(H,28,31)(H,29,32)(H,30,33). The van der Waals surface area contributed by atoms with Gasteiger partial charge in [0.2, 0.25) is 5.91 Å². The Morgan fingerprint density at radius 2 is 1.59 bits per heavy atom. The molecule has 0 aromatic heterocycles. The maximum absolute atomic E-state index is 12.8. The lowest BCUT2D eigenvalue weighted by molar-refractivity contribution is -0.117. The second-order valence-electron chi connectivity index (χ2n) is 7.97. The van der Waals surface area contributed by atoms with Gasteiger partial charge in [-0.1, -0.05) is 46.3 Å². The number of amides is 3. The van der Waals surface area contributed by atoms with Crippen molar-refractivity contribution >= 4 is 39.3 Å². The van der Waals surface area contributed by atoms with Gasteiger partial charge in [-0.3, -0.25) is 25.2 Å². The van der Waals surface area contributed by atoms with E-state index < -0.39 is 11.8 Å². The number of hydrogen-bond acceptors (Lipinski definition) is 4. The van der Waals surface area contributed by atoms with Crippen molar-refractivity contribution in [2.45, 2.75) is 19.3 Å². The van der Waals surface area contributed by atoms with Crippen LogP contribution >= 0.6 is 15.9 Å². The van der Waals surface area contributed by atoms with E-state index in [1.807, 2.05) is 30.3 Å². The van der Waals surface area contributed by atoms with Crippen LogP contribution in [0.25, 0.3) is 0 Å². The first-order valence-corrected chi connectivity index (χ1v) is 11.8. The highest BCUT2D eigenvalue weighted by Gasteiger charge is 2.29. The third-order valence-corrected chi connectivity index (χ3v) is 5.82. The van der Waals surface area contributed by atoms with Crippen LogP contribution in [-0.2, 0) is 11.2 Å². The third kappa shape index (κ3) is 6.45. The van der Waals surface area contributed by atoms with Gasteiger partial charge in [0.1, 0.15) is 5.75 Å². The normalized spacial score (nSPS) is 12.5. The van der Waals surface area contributed by atoms with E-state index >= 15 is 0 Å². The molecule has 34 heavy (non-hydrogen) atoms. The second kappa shape index (κ2) is 11.0. The van der Waals surface area contributed by atoms with Crippen molar-refractivity contribution in [2.75, 3.05) is 11.9 Å². The number of benzene rings is 3. The molecule has 8 heteroatoms. The average molecular weight is 522 g/mol. The molecule has 3 N–H and O–H groups in total. The molecule has 0 spiro atoms. The van der Waals surface area contributed by atoms with Crippen LogP contribution < -0.4 is 20.9 Å². The Hall–Kier alpha value is -3.65. The van der Waals surface area contributed by atoms with E-state index in [4.69, 9.17) is 4.74 Å². The van der Waals surface area contributed by atoms with Crippen molar-refractivity contribution in [3.63, 3.8) is 0 Å². The van der Waals surface area contributed by atoms with E-state index in [2.05, 4.69) is 32.1 Å². The second-order valence-corrected chi connectivity index (χ2v) is 8.89. The molecule has 1 saturated carbocycles. The molecule has 174 valence electrons. The Morgan fingerprint density at radius 3 is 2.29 bits per heavy atom. The zero-order valence-electron chi connectivity index (χ0n) is 18.3. The smallest absolute Gasteiger partial charge is 0.273 e. The topological polar surface area (TPSA) is 96.5 Å². The Bertz CT molecular complexity index is 1180. The lowest BCUT2D eigenvalue weighted by Crippen LogP contribution is -2.41. The highest BCUT2D eigenvalue weighted by atomic mass is 79.9. The van der Waals surface area contributed by atoms with Crippen molar-refractivity contribution < 1.29 is 19.1 Å². The first-order valence-electron chi connectivity index (χ1n) is 11.0. The zero-order valence-corrected chi connectivity index (χ0v) is 19.9. The van der Waals surface area contributed by atoms with Crippen LogP contribution in [0.5, 0.6) is 5.75 Å². The molecule has 0 radical (unpaired) electrons. The maximum Gasteiger partial charge on any atom is 0.273 e. The van der Waals surface area contributed by atoms with Crippen molar-refractivity contribution in [2.24, 2.45) is 5.92 Å². The van der Waals surface area contributed by atoms with Gasteiger partial charge in [-0.15, -0.1) is 0 Å². The van der Waals surface area contributed by atoms with Crippen molar-refractivity contribution in [3.05, 3.63) is 94.0 Å². The number of hydrazine groups is 1. The fourth-order valence-corrected chi connectivity index (χ4v) is 3.64. The summed E-state index contributed by atoms with van der Waals surface area (Å²) in [6.07, 6.45) is 2.54. The number of carbonyl (C=O) groups excluding carboxylic acids is 3. The largest absolute Gasteiger partial charge is 0.492 e. The minimum absolute atomic E-state index is 0.000258. The molecule has 0 bridgehead atoms. The van der Waals surface area contributed by atoms with E-state index in [0.717, 1.165) is 18.4 Å². The Kier molecular flexibility index (Phi) is 7.59. The van der Waals surface area contributed by atoms with Crippen molar-refractivity contribution in [3.8, 4) is 5.75 Å². The number of ether oxygens (including phenoxy) is 1. The Labute approximate surface area is 206 Å². The average Bonchev–Trinajstić information content (AvgIpc) is 3.70. The van der Waals surface area contributed by atoms with Crippen LogP contribution in [0.2, 0.25) is 0 Å². The fourth-order valence-electron chi connectivity index (χ4n) is 3.28. The molecular formula is C26H24BrN3O4. The number of carbonyl (C=O) groups is 3. The van der Waals surface area contributed by atoms with Gasteiger partial charge >= 0.3 is 0 Å². The van der Waals surface area contributed by atoms with Gasteiger partial charge < -0.3 is 10.1 Å². The number of nitrogens with one attached hydrogen (secondary N) is 3. The molecule has 0 atom stereocenters. The monoisotopic (exact) mass is 521 g/mol. The predicted molar refractivity (Wildman–Crippen MR) is 133 cm³/mol. The van der Waals surface area contributed by atoms with Gasteiger partial charge in [-0.2, -0.15) is 0 Å². The summed E-state index contributed by atoms with van der Waals surface area (Å²) in [5.74, 6) is -0.460. The molecule has 3 amide bonds. The van der Waals surface area contributed by atoms with Gasteiger partial charge in [-0.25, -0.2) is 0 Å². The SMILES string of the molecule is O=C(NNC(=O)c1cc(Br)ccc1OCCc1ccccc1)c1ccc(NC(=O)C2CC2)cc1. The van der Waals surface area contributed by atoms with Gasteiger partial charge in [0, 0.05) is 28.1 Å². The molecule has 3 aromatic carbocycles.